The normalized spacial score (nSPS) is 14.3. The smallest absolute Gasteiger partial charge is 0.233 e. The van der Waals surface area contributed by atoms with Crippen LogP contribution in [0.4, 0.5) is 0 Å². The van der Waals surface area contributed by atoms with Crippen LogP contribution < -0.4 is 10.6 Å². The molecule has 0 saturated heterocycles. The Balaban J connectivity index is 1.47. The van der Waals surface area contributed by atoms with Gasteiger partial charge in [-0.15, -0.1) is 10.2 Å². The topological polar surface area (TPSA) is 86.3 Å². The van der Waals surface area contributed by atoms with Gasteiger partial charge in [0.2, 0.25) is 11.1 Å². The van der Waals surface area contributed by atoms with Crippen LogP contribution in [0.25, 0.3) is 11.4 Å². The summed E-state index contributed by atoms with van der Waals surface area (Å²) in [7, 11) is 1.60. The fraction of sp³-hybridized carbons (Fsp3) is 0.348. The van der Waals surface area contributed by atoms with Crippen LogP contribution in [-0.2, 0) is 11.3 Å². The fourth-order valence-corrected chi connectivity index (χ4v) is 4.41. The molecule has 31 heavy (non-hydrogen) atoms. The van der Waals surface area contributed by atoms with Crippen molar-refractivity contribution in [2.24, 2.45) is 5.92 Å². The number of aromatic nitrogens is 3. The van der Waals surface area contributed by atoms with Crippen molar-refractivity contribution in [1.82, 2.24) is 19.8 Å². The molecule has 4 rings (SSSR count). The maximum atomic E-state index is 13.2. The van der Waals surface area contributed by atoms with Crippen molar-refractivity contribution in [1.29, 1.82) is 0 Å². The maximum Gasteiger partial charge on any atom is 0.233 e. The Labute approximate surface area is 186 Å². The van der Waals surface area contributed by atoms with Crippen LogP contribution >= 0.6 is 11.8 Å². The molecular weight excluding hydrogens is 410 g/mol. The Morgan fingerprint density at radius 1 is 1.19 bits per heavy atom. The van der Waals surface area contributed by atoms with Gasteiger partial charge in [0.05, 0.1) is 18.4 Å². The molecule has 162 valence electrons. The molecule has 0 bridgehead atoms. The zero-order valence-corrected chi connectivity index (χ0v) is 18.6. The largest absolute Gasteiger partial charge is 0.496 e. The highest BCUT2D eigenvalue weighted by Gasteiger charge is 2.34. The molecule has 7 nitrogen and oxygen atoms in total. The summed E-state index contributed by atoms with van der Waals surface area (Å²) in [5, 5.41) is 8.91. The number of para-hydroxylation sites is 1. The molecular formula is C23H27N5O2S. The number of ether oxygens (including phenoxy) is 1. The van der Waals surface area contributed by atoms with Crippen molar-refractivity contribution in [3.05, 3.63) is 60.2 Å². The number of thioether (sulfide) groups is 1. The second-order valence-electron chi connectivity index (χ2n) is 7.75. The molecule has 2 N–H and O–H groups in total. The zero-order valence-electron chi connectivity index (χ0n) is 17.8. The van der Waals surface area contributed by atoms with E-state index < -0.39 is 0 Å². The number of methoxy groups -OCH3 is 1. The number of benzene rings is 2. The van der Waals surface area contributed by atoms with E-state index in [1.54, 1.807) is 7.11 Å². The van der Waals surface area contributed by atoms with E-state index in [1.807, 2.05) is 47.4 Å². The molecule has 0 aliphatic heterocycles. The monoisotopic (exact) mass is 437 g/mol. The van der Waals surface area contributed by atoms with Gasteiger partial charge in [0.25, 0.3) is 0 Å². The van der Waals surface area contributed by atoms with Crippen molar-refractivity contribution in [2.45, 2.75) is 37.5 Å². The molecule has 1 amide bonds. The number of hydrogen-bond donors (Lipinski definition) is 1. The predicted molar refractivity (Wildman–Crippen MR) is 122 cm³/mol. The minimum absolute atomic E-state index is 0.0788. The molecule has 1 unspecified atom stereocenters. The molecule has 1 aliphatic carbocycles. The standard InChI is InChI=1S/C23H27N5O2S/c1-16(18-12-13-18)27(14-17-8-4-3-5-9-17)21(29)15-31-23-26-25-22(28(23)24)19-10-6-7-11-20(19)30-2/h3-11,16,18H,12-15,24H2,1-2H3. The molecule has 2 aromatic carbocycles. The van der Waals surface area contributed by atoms with Gasteiger partial charge in [-0.05, 0) is 43.4 Å². The minimum atomic E-state index is 0.0788. The van der Waals surface area contributed by atoms with Crippen molar-refractivity contribution >= 4 is 17.7 Å². The average molecular weight is 438 g/mol. The summed E-state index contributed by atoms with van der Waals surface area (Å²) < 4.78 is 6.82. The third kappa shape index (κ3) is 4.85. The summed E-state index contributed by atoms with van der Waals surface area (Å²) >= 11 is 1.30. The van der Waals surface area contributed by atoms with Crippen molar-refractivity contribution < 1.29 is 9.53 Å². The Morgan fingerprint density at radius 2 is 1.90 bits per heavy atom. The third-order valence-electron chi connectivity index (χ3n) is 5.65. The van der Waals surface area contributed by atoms with E-state index in [9.17, 15) is 4.79 Å². The lowest BCUT2D eigenvalue weighted by Crippen LogP contribution is -2.40. The van der Waals surface area contributed by atoms with Gasteiger partial charge < -0.3 is 15.5 Å². The molecule has 3 aromatic rings. The van der Waals surface area contributed by atoms with Gasteiger partial charge >= 0.3 is 0 Å². The molecule has 1 aromatic heterocycles. The molecule has 0 radical (unpaired) electrons. The Kier molecular flexibility index (Phi) is 6.46. The molecule has 1 aliphatic rings. The van der Waals surface area contributed by atoms with E-state index in [0.29, 0.717) is 29.2 Å². The molecule has 1 atom stereocenters. The van der Waals surface area contributed by atoms with E-state index in [2.05, 4.69) is 29.3 Å². The van der Waals surface area contributed by atoms with Crippen LogP contribution in [-0.4, -0.2) is 44.6 Å². The number of amides is 1. The number of rotatable bonds is 9. The van der Waals surface area contributed by atoms with E-state index in [4.69, 9.17) is 10.6 Å². The number of nitrogen functional groups attached to an aromatic ring is 1. The first-order valence-corrected chi connectivity index (χ1v) is 11.4. The molecule has 1 fully saturated rings. The zero-order chi connectivity index (χ0) is 21.8. The maximum absolute atomic E-state index is 13.2. The summed E-state index contributed by atoms with van der Waals surface area (Å²) in [5.74, 6) is 8.35. The van der Waals surface area contributed by atoms with E-state index in [1.165, 1.54) is 29.3 Å². The second kappa shape index (κ2) is 9.43. The quantitative estimate of drug-likeness (QED) is 0.407. The predicted octanol–water partition coefficient (Wildman–Crippen LogP) is 3.59. The number of nitrogens with zero attached hydrogens (tertiary/aromatic N) is 4. The van der Waals surface area contributed by atoms with Crippen molar-refractivity contribution in [2.75, 3.05) is 18.7 Å². The summed E-state index contributed by atoms with van der Waals surface area (Å²) in [6.45, 7) is 2.76. The first-order chi connectivity index (χ1) is 15.1. The minimum Gasteiger partial charge on any atom is -0.496 e. The molecule has 1 saturated carbocycles. The van der Waals surface area contributed by atoms with Gasteiger partial charge in [-0.2, -0.15) is 0 Å². The van der Waals surface area contributed by atoms with Gasteiger partial charge in [0.1, 0.15) is 5.75 Å². The third-order valence-corrected chi connectivity index (χ3v) is 6.58. The summed E-state index contributed by atoms with van der Waals surface area (Å²) in [4.78, 5) is 15.2. The Bertz CT molecular complexity index is 1040. The van der Waals surface area contributed by atoms with Gasteiger partial charge in [-0.3, -0.25) is 4.79 Å². The van der Waals surface area contributed by atoms with E-state index in [-0.39, 0.29) is 17.7 Å². The summed E-state index contributed by atoms with van der Waals surface area (Å²) in [6.07, 6.45) is 2.37. The Morgan fingerprint density at radius 3 is 2.61 bits per heavy atom. The molecule has 0 spiro atoms. The number of carbonyl (C=O) groups excluding carboxylic acids is 1. The van der Waals surface area contributed by atoms with Gasteiger partial charge in [-0.1, -0.05) is 54.2 Å². The Hall–Kier alpha value is -3.00. The summed E-state index contributed by atoms with van der Waals surface area (Å²) in [5.41, 5.74) is 1.89. The molecule has 1 heterocycles. The lowest BCUT2D eigenvalue weighted by atomic mass is 10.1. The lowest BCUT2D eigenvalue weighted by Gasteiger charge is -2.29. The average Bonchev–Trinajstić information content (AvgIpc) is 3.59. The van der Waals surface area contributed by atoms with Crippen LogP contribution in [0.3, 0.4) is 0 Å². The number of hydrogen-bond acceptors (Lipinski definition) is 6. The van der Waals surface area contributed by atoms with E-state index >= 15 is 0 Å². The van der Waals surface area contributed by atoms with Gasteiger partial charge in [0, 0.05) is 12.6 Å². The van der Waals surface area contributed by atoms with E-state index in [0.717, 1.165) is 11.1 Å². The molecule has 8 heteroatoms. The first-order valence-electron chi connectivity index (χ1n) is 10.4. The van der Waals surface area contributed by atoms with Crippen molar-refractivity contribution in [3.8, 4) is 17.1 Å². The number of carbonyl (C=O) groups is 1. The number of nitrogens with two attached hydrogens (primary N) is 1. The SMILES string of the molecule is COc1ccccc1-c1nnc(SCC(=O)N(Cc2ccccc2)C(C)C2CC2)n1N. The van der Waals surface area contributed by atoms with Crippen LogP contribution in [0.1, 0.15) is 25.3 Å². The first kappa shape index (κ1) is 21.2. The highest BCUT2D eigenvalue weighted by atomic mass is 32.2. The highest BCUT2D eigenvalue weighted by molar-refractivity contribution is 7.99. The fourth-order valence-electron chi connectivity index (χ4n) is 3.67. The lowest BCUT2D eigenvalue weighted by molar-refractivity contribution is -0.131. The second-order valence-corrected chi connectivity index (χ2v) is 8.69. The van der Waals surface area contributed by atoms with Crippen LogP contribution in [0.15, 0.2) is 59.8 Å². The highest BCUT2D eigenvalue weighted by Crippen LogP contribution is 2.36. The van der Waals surface area contributed by atoms with Gasteiger partial charge in [0.15, 0.2) is 5.82 Å². The van der Waals surface area contributed by atoms with Crippen molar-refractivity contribution in [3.63, 3.8) is 0 Å². The summed E-state index contributed by atoms with van der Waals surface area (Å²) in [6, 6.07) is 17.8. The van der Waals surface area contributed by atoms with Crippen LogP contribution in [0.2, 0.25) is 0 Å². The van der Waals surface area contributed by atoms with Crippen LogP contribution in [0.5, 0.6) is 5.75 Å². The van der Waals surface area contributed by atoms with Crippen LogP contribution in [0, 0.1) is 5.92 Å². The van der Waals surface area contributed by atoms with Gasteiger partial charge in [-0.25, -0.2) is 4.68 Å².